The van der Waals surface area contributed by atoms with Crippen molar-refractivity contribution in [1.29, 1.82) is 0 Å². The number of hydrogen-bond acceptors (Lipinski definition) is 5. The summed E-state index contributed by atoms with van der Waals surface area (Å²) in [6.07, 6.45) is 1.09. The molecule has 0 spiro atoms. The number of carbonyl (C=O) groups is 1. The standard InChI is InChI=1S/C20H25N3O4S/c1-2-10-22-11-13-23(14-12-22)19-9-8-16(20(24)25)15-18(19)21-28(26,27)17-6-4-3-5-7-17/h3-9,15,21H,2,10-14H2,1H3,(H,24,25). The first kappa shape index (κ1) is 20.2. The van der Waals surface area contributed by atoms with Gasteiger partial charge >= 0.3 is 5.97 Å². The normalized spacial score (nSPS) is 15.4. The number of nitrogens with zero attached hydrogens (tertiary/aromatic N) is 2. The molecule has 1 heterocycles. The first-order valence-electron chi connectivity index (χ1n) is 9.33. The van der Waals surface area contributed by atoms with Crippen LogP contribution in [-0.2, 0) is 10.0 Å². The lowest BCUT2D eigenvalue weighted by atomic mass is 10.1. The summed E-state index contributed by atoms with van der Waals surface area (Å²) in [6, 6.07) is 12.6. The highest BCUT2D eigenvalue weighted by molar-refractivity contribution is 7.92. The number of nitrogens with one attached hydrogen (secondary N) is 1. The van der Waals surface area contributed by atoms with Gasteiger partial charge in [0.25, 0.3) is 10.0 Å². The predicted octanol–water partition coefficient (Wildman–Crippen LogP) is 2.72. The number of piperazine rings is 1. The van der Waals surface area contributed by atoms with E-state index in [-0.39, 0.29) is 16.1 Å². The Hall–Kier alpha value is -2.58. The molecule has 0 bridgehead atoms. The van der Waals surface area contributed by atoms with Crippen LogP contribution in [0, 0.1) is 0 Å². The summed E-state index contributed by atoms with van der Waals surface area (Å²) in [5, 5.41) is 9.32. The maximum atomic E-state index is 12.8. The first-order valence-corrected chi connectivity index (χ1v) is 10.8. The fraction of sp³-hybridized carbons (Fsp3) is 0.350. The molecule has 8 heteroatoms. The van der Waals surface area contributed by atoms with E-state index in [9.17, 15) is 18.3 Å². The zero-order valence-electron chi connectivity index (χ0n) is 15.8. The highest BCUT2D eigenvalue weighted by Crippen LogP contribution is 2.30. The lowest BCUT2D eigenvalue weighted by Crippen LogP contribution is -2.46. The van der Waals surface area contributed by atoms with Gasteiger partial charge in [0.05, 0.1) is 21.8 Å². The summed E-state index contributed by atoms with van der Waals surface area (Å²) in [7, 11) is -3.82. The second-order valence-electron chi connectivity index (χ2n) is 6.78. The fourth-order valence-corrected chi connectivity index (χ4v) is 4.44. The zero-order chi connectivity index (χ0) is 20.1. The van der Waals surface area contributed by atoms with Gasteiger partial charge in [-0.2, -0.15) is 0 Å². The van der Waals surface area contributed by atoms with Gasteiger partial charge in [0.1, 0.15) is 0 Å². The Labute approximate surface area is 165 Å². The highest BCUT2D eigenvalue weighted by atomic mass is 32.2. The third-order valence-corrected chi connectivity index (χ3v) is 6.18. The average molecular weight is 404 g/mol. The van der Waals surface area contributed by atoms with Crippen LogP contribution in [0.15, 0.2) is 53.4 Å². The molecule has 0 aromatic heterocycles. The molecule has 3 rings (SSSR count). The van der Waals surface area contributed by atoms with Gasteiger partial charge in [-0.3, -0.25) is 9.62 Å². The Balaban J connectivity index is 1.90. The van der Waals surface area contributed by atoms with E-state index in [1.54, 1.807) is 24.3 Å². The third kappa shape index (κ3) is 4.63. The van der Waals surface area contributed by atoms with E-state index in [4.69, 9.17) is 0 Å². The number of carboxylic acid groups (broad SMARTS) is 1. The Morgan fingerprint density at radius 1 is 1.07 bits per heavy atom. The predicted molar refractivity (Wildman–Crippen MR) is 110 cm³/mol. The lowest BCUT2D eigenvalue weighted by molar-refractivity contribution is 0.0697. The average Bonchev–Trinajstić information content (AvgIpc) is 2.69. The smallest absolute Gasteiger partial charge is 0.335 e. The van der Waals surface area contributed by atoms with Gasteiger partial charge in [0.15, 0.2) is 0 Å². The number of sulfonamides is 1. The molecule has 28 heavy (non-hydrogen) atoms. The van der Waals surface area contributed by atoms with Gasteiger partial charge in [-0.25, -0.2) is 13.2 Å². The van der Waals surface area contributed by atoms with Crippen LogP contribution in [0.4, 0.5) is 11.4 Å². The third-order valence-electron chi connectivity index (χ3n) is 4.79. The summed E-state index contributed by atoms with van der Waals surface area (Å²) in [5.74, 6) is -1.10. The number of aromatic carboxylic acids is 1. The van der Waals surface area contributed by atoms with Gasteiger partial charge in [-0.15, -0.1) is 0 Å². The van der Waals surface area contributed by atoms with E-state index >= 15 is 0 Å². The largest absolute Gasteiger partial charge is 0.478 e. The van der Waals surface area contributed by atoms with Crippen molar-refractivity contribution in [2.24, 2.45) is 0 Å². The van der Waals surface area contributed by atoms with Crippen molar-refractivity contribution in [3.05, 3.63) is 54.1 Å². The molecular weight excluding hydrogens is 378 g/mol. The number of hydrogen-bond donors (Lipinski definition) is 2. The van der Waals surface area contributed by atoms with Gasteiger partial charge < -0.3 is 10.0 Å². The number of benzene rings is 2. The highest BCUT2D eigenvalue weighted by Gasteiger charge is 2.23. The van der Waals surface area contributed by atoms with E-state index in [0.29, 0.717) is 5.69 Å². The van der Waals surface area contributed by atoms with E-state index < -0.39 is 16.0 Å². The van der Waals surface area contributed by atoms with Crippen molar-refractivity contribution >= 4 is 27.4 Å². The van der Waals surface area contributed by atoms with Crippen molar-refractivity contribution in [2.75, 3.05) is 42.3 Å². The zero-order valence-corrected chi connectivity index (χ0v) is 16.7. The molecule has 0 aliphatic carbocycles. The quantitative estimate of drug-likeness (QED) is 0.739. The summed E-state index contributed by atoms with van der Waals surface area (Å²) >= 11 is 0. The molecule has 0 unspecified atom stereocenters. The first-order chi connectivity index (χ1) is 13.4. The number of carboxylic acids is 1. The molecule has 2 N–H and O–H groups in total. The van der Waals surface area contributed by atoms with Crippen molar-refractivity contribution < 1.29 is 18.3 Å². The molecular formula is C20H25N3O4S. The fourth-order valence-electron chi connectivity index (χ4n) is 3.36. The van der Waals surface area contributed by atoms with Crippen LogP contribution in [0.25, 0.3) is 0 Å². The minimum atomic E-state index is -3.82. The molecule has 0 atom stereocenters. The molecule has 1 fully saturated rings. The molecule has 1 aliphatic heterocycles. The van der Waals surface area contributed by atoms with Crippen LogP contribution in [0.1, 0.15) is 23.7 Å². The van der Waals surface area contributed by atoms with Crippen molar-refractivity contribution in [1.82, 2.24) is 4.90 Å². The molecule has 2 aromatic carbocycles. The Kier molecular flexibility index (Phi) is 6.21. The Morgan fingerprint density at radius 2 is 1.75 bits per heavy atom. The number of anilines is 2. The molecule has 0 radical (unpaired) electrons. The molecule has 150 valence electrons. The Bertz CT molecular complexity index is 924. The van der Waals surface area contributed by atoms with E-state index in [2.05, 4.69) is 21.4 Å². The topological polar surface area (TPSA) is 89.9 Å². The molecule has 1 aliphatic rings. The SMILES string of the molecule is CCCN1CCN(c2ccc(C(=O)O)cc2NS(=O)(=O)c2ccccc2)CC1. The van der Waals surface area contributed by atoms with Crippen LogP contribution in [0.3, 0.4) is 0 Å². The lowest BCUT2D eigenvalue weighted by Gasteiger charge is -2.36. The van der Waals surface area contributed by atoms with Crippen LogP contribution >= 0.6 is 0 Å². The van der Waals surface area contributed by atoms with Crippen LogP contribution in [0.2, 0.25) is 0 Å². The van der Waals surface area contributed by atoms with E-state index in [0.717, 1.165) is 39.1 Å². The Morgan fingerprint density at radius 3 is 2.36 bits per heavy atom. The summed E-state index contributed by atoms with van der Waals surface area (Å²) in [4.78, 5) is 16.0. The van der Waals surface area contributed by atoms with E-state index in [1.165, 1.54) is 24.3 Å². The van der Waals surface area contributed by atoms with Gasteiger partial charge in [-0.05, 0) is 43.3 Å². The molecule has 0 saturated carbocycles. The molecule has 0 amide bonds. The summed E-state index contributed by atoms with van der Waals surface area (Å²) in [6.45, 7) is 6.48. The second kappa shape index (κ2) is 8.62. The minimum Gasteiger partial charge on any atom is -0.478 e. The van der Waals surface area contributed by atoms with Crippen LogP contribution in [0.5, 0.6) is 0 Å². The number of rotatable bonds is 7. The van der Waals surface area contributed by atoms with E-state index in [1.807, 2.05) is 0 Å². The van der Waals surface area contributed by atoms with Gasteiger partial charge in [0, 0.05) is 26.2 Å². The molecule has 7 nitrogen and oxygen atoms in total. The van der Waals surface area contributed by atoms with Crippen LogP contribution in [-0.4, -0.2) is 57.1 Å². The van der Waals surface area contributed by atoms with Crippen molar-refractivity contribution in [2.45, 2.75) is 18.2 Å². The summed E-state index contributed by atoms with van der Waals surface area (Å²) < 4.78 is 28.1. The molecule has 2 aromatic rings. The van der Waals surface area contributed by atoms with Crippen LogP contribution < -0.4 is 9.62 Å². The van der Waals surface area contributed by atoms with Crippen molar-refractivity contribution in [3.8, 4) is 0 Å². The maximum Gasteiger partial charge on any atom is 0.335 e. The second-order valence-corrected chi connectivity index (χ2v) is 8.47. The minimum absolute atomic E-state index is 0.0409. The maximum absolute atomic E-state index is 12.8. The van der Waals surface area contributed by atoms with Crippen molar-refractivity contribution in [3.63, 3.8) is 0 Å². The van der Waals surface area contributed by atoms with Gasteiger partial charge in [0.2, 0.25) is 0 Å². The summed E-state index contributed by atoms with van der Waals surface area (Å²) in [5.41, 5.74) is 1.02. The van der Waals surface area contributed by atoms with Gasteiger partial charge in [-0.1, -0.05) is 25.1 Å². The monoisotopic (exact) mass is 403 g/mol. The molecule has 1 saturated heterocycles.